The second-order valence-corrected chi connectivity index (χ2v) is 7.24. The maximum absolute atomic E-state index is 12.7. The van der Waals surface area contributed by atoms with Crippen LogP contribution in [0.5, 0.6) is 5.75 Å². The van der Waals surface area contributed by atoms with Crippen molar-refractivity contribution >= 4 is 45.7 Å². The van der Waals surface area contributed by atoms with Crippen molar-refractivity contribution in [2.24, 2.45) is 0 Å². The molecule has 6 heteroatoms. The molecular formula is C21H12Cl3NO2. The van der Waals surface area contributed by atoms with Crippen molar-refractivity contribution in [2.75, 3.05) is 0 Å². The number of hydrogen-bond donors (Lipinski definition) is 2. The molecule has 27 heavy (non-hydrogen) atoms. The molecule has 1 heterocycles. The van der Waals surface area contributed by atoms with E-state index >= 15 is 0 Å². The summed E-state index contributed by atoms with van der Waals surface area (Å²) in [4.78, 5) is 15.5. The molecule has 0 radical (unpaired) electrons. The van der Waals surface area contributed by atoms with Crippen molar-refractivity contribution in [3.8, 4) is 28.0 Å². The van der Waals surface area contributed by atoms with Crippen molar-refractivity contribution in [1.29, 1.82) is 0 Å². The molecule has 3 nitrogen and oxygen atoms in total. The van der Waals surface area contributed by atoms with Crippen molar-refractivity contribution in [1.82, 2.24) is 4.98 Å². The summed E-state index contributed by atoms with van der Waals surface area (Å²) in [5, 5.41) is 12.4. The monoisotopic (exact) mass is 415 g/mol. The number of fused-ring (bicyclic) bond motifs is 1. The van der Waals surface area contributed by atoms with Gasteiger partial charge in [-0.3, -0.25) is 4.79 Å². The number of rotatable bonds is 2. The minimum Gasteiger partial charge on any atom is -0.506 e. The molecule has 0 bridgehead atoms. The molecule has 3 aromatic carbocycles. The lowest BCUT2D eigenvalue weighted by molar-refractivity contribution is 0.482. The number of nitrogens with one attached hydrogen (secondary N) is 1. The lowest BCUT2D eigenvalue weighted by atomic mass is 9.97. The third-order valence-electron chi connectivity index (χ3n) is 4.39. The molecule has 1 aromatic heterocycles. The van der Waals surface area contributed by atoms with E-state index in [4.69, 9.17) is 34.8 Å². The number of pyridine rings is 1. The van der Waals surface area contributed by atoms with Crippen LogP contribution in [-0.4, -0.2) is 10.1 Å². The Balaban J connectivity index is 2.03. The predicted molar refractivity (Wildman–Crippen MR) is 112 cm³/mol. The maximum Gasteiger partial charge on any atom is 0.260 e. The average molecular weight is 417 g/mol. The van der Waals surface area contributed by atoms with Crippen molar-refractivity contribution in [3.63, 3.8) is 0 Å². The molecule has 0 amide bonds. The summed E-state index contributed by atoms with van der Waals surface area (Å²) in [6.07, 6.45) is 0. The average Bonchev–Trinajstić information content (AvgIpc) is 2.65. The number of benzene rings is 3. The maximum atomic E-state index is 12.7. The van der Waals surface area contributed by atoms with E-state index in [1.165, 1.54) is 0 Å². The van der Waals surface area contributed by atoms with Gasteiger partial charge in [0.15, 0.2) is 0 Å². The van der Waals surface area contributed by atoms with Crippen LogP contribution in [0.4, 0.5) is 0 Å². The van der Waals surface area contributed by atoms with Crippen LogP contribution in [0.3, 0.4) is 0 Å². The molecule has 0 fully saturated rings. The third kappa shape index (κ3) is 3.08. The molecule has 0 saturated heterocycles. The summed E-state index contributed by atoms with van der Waals surface area (Å²) in [6, 6.07) is 17.6. The van der Waals surface area contributed by atoms with Gasteiger partial charge < -0.3 is 10.1 Å². The standard InChI is InChI=1S/C21H12Cl3NO2/c22-12-7-5-11(6-8-12)13-9-10-15(23)17(19(13)24)18-20(26)14-3-1-2-4-16(14)25-21(18)27/h1-10H,(H2,25,26,27). The molecule has 4 aromatic rings. The lowest BCUT2D eigenvalue weighted by Crippen LogP contribution is -2.10. The quantitative estimate of drug-likeness (QED) is 0.390. The van der Waals surface area contributed by atoms with Crippen LogP contribution in [0.1, 0.15) is 0 Å². The second kappa shape index (κ2) is 6.93. The van der Waals surface area contributed by atoms with E-state index < -0.39 is 5.56 Å². The molecule has 0 spiro atoms. The van der Waals surface area contributed by atoms with E-state index in [0.717, 1.165) is 5.56 Å². The number of aromatic hydroxyl groups is 1. The normalized spacial score (nSPS) is 11.1. The first-order valence-electron chi connectivity index (χ1n) is 8.05. The van der Waals surface area contributed by atoms with Gasteiger partial charge in [0, 0.05) is 21.5 Å². The molecule has 2 N–H and O–H groups in total. The Kier molecular flexibility index (Phi) is 4.60. The van der Waals surface area contributed by atoms with Gasteiger partial charge >= 0.3 is 0 Å². The topological polar surface area (TPSA) is 53.1 Å². The largest absolute Gasteiger partial charge is 0.506 e. The highest BCUT2D eigenvalue weighted by Crippen LogP contribution is 2.44. The number of hydrogen-bond acceptors (Lipinski definition) is 2. The molecular weight excluding hydrogens is 405 g/mol. The number of halogens is 3. The summed E-state index contributed by atoms with van der Waals surface area (Å²) in [7, 11) is 0. The minimum absolute atomic E-state index is 0.0412. The summed E-state index contributed by atoms with van der Waals surface area (Å²) >= 11 is 19.0. The minimum atomic E-state index is -0.469. The number of aromatic nitrogens is 1. The Bertz CT molecular complexity index is 1230. The van der Waals surface area contributed by atoms with Crippen molar-refractivity contribution in [3.05, 3.63) is 86.1 Å². The van der Waals surface area contributed by atoms with Gasteiger partial charge in [-0.1, -0.05) is 65.1 Å². The van der Waals surface area contributed by atoms with Gasteiger partial charge in [-0.05, 0) is 35.9 Å². The Hall–Kier alpha value is -2.46. The molecule has 0 atom stereocenters. The van der Waals surface area contributed by atoms with Gasteiger partial charge in [0.05, 0.1) is 21.1 Å². The van der Waals surface area contributed by atoms with E-state index in [-0.39, 0.29) is 26.9 Å². The van der Waals surface area contributed by atoms with E-state index in [2.05, 4.69) is 4.98 Å². The fourth-order valence-electron chi connectivity index (χ4n) is 3.09. The van der Waals surface area contributed by atoms with Crippen LogP contribution in [0.15, 0.2) is 65.5 Å². The predicted octanol–water partition coefficient (Wildman–Crippen LogP) is 6.53. The number of para-hydroxylation sites is 1. The second-order valence-electron chi connectivity index (χ2n) is 6.01. The van der Waals surface area contributed by atoms with Crippen LogP contribution in [0, 0.1) is 0 Å². The highest BCUT2D eigenvalue weighted by molar-refractivity contribution is 6.41. The van der Waals surface area contributed by atoms with E-state index in [1.54, 1.807) is 48.5 Å². The molecule has 134 valence electrons. The molecule has 4 rings (SSSR count). The Morgan fingerprint density at radius 1 is 0.815 bits per heavy atom. The Morgan fingerprint density at radius 2 is 1.52 bits per heavy atom. The van der Waals surface area contributed by atoms with Gasteiger partial charge in [0.2, 0.25) is 0 Å². The van der Waals surface area contributed by atoms with Gasteiger partial charge in [-0.15, -0.1) is 0 Å². The van der Waals surface area contributed by atoms with Crippen LogP contribution < -0.4 is 5.56 Å². The van der Waals surface area contributed by atoms with Crippen molar-refractivity contribution < 1.29 is 5.11 Å². The van der Waals surface area contributed by atoms with E-state index in [1.807, 2.05) is 12.1 Å². The van der Waals surface area contributed by atoms with Crippen LogP contribution in [0.25, 0.3) is 33.2 Å². The third-order valence-corrected chi connectivity index (χ3v) is 5.35. The number of H-pyrrole nitrogens is 1. The van der Waals surface area contributed by atoms with Gasteiger partial charge in [-0.25, -0.2) is 0 Å². The molecule has 0 saturated carbocycles. The zero-order valence-electron chi connectivity index (χ0n) is 13.8. The van der Waals surface area contributed by atoms with Gasteiger partial charge in [0.25, 0.3) is 5.56 Å². The molecule has 0 aliphatic carbocycles. The first-order valence-corrected chi connectivity index (χ1v) is 9.19. The summed E-state index contributed by atoms with van der Waals surface area (Å²) in [6.45, 7) is 0. The highest BCUT2D eigenvalue weighted by atomic mass is 35.5. The molecule has 0 unspecified atom stereocenters. The first kappa shape index (κ1) is 17.9. The lowest BCUT2D eigenvalue weighted by Gasteiger charge is -2.14. The Labute approximate surface area is 169 Å². The Morgan fingerprint density at radius 3 is 2.26 bits per heavy atom. The SMILES string of the molecule is O=c1[nH]c2ccccc2c(O)c1-c1c(Cl)ccc(-c2ccc(Cl)cc2)c1Cl. The number of aromatic amines is 1. The van der Waals surface area contributed by atoms with E-state index in [0.29, 0.717) is 21.5 Å². The van der Waals surface area contributed by atoms with Gasteiger partial charge in [-0.2, -0.15) is 0 Å². The fourth-order valence-corrected chi connectivity index (χ4v) is 3.89. The summed E-state index contributed by atoms with van der Waals surface area (Å²) < 4.78 is 0. The van der Waals surface area contributed by atoms with Crippen LogP contribution in [-0.2, 0) is 0 Å². The summed E-state index contributed by atoms with van der Waals surface area (Å²) in [5.74, 6) is -0.161. The first-order chi connectivity index (χ1) is 13.0. The highest BCUT2D eigenvalue weighted by Gasteiger charge is 2.21. The van der Waals surface area contributed by atoms with Gasteiger partial charge in [0.1, 0.15) is 5.75 Å². The van der Waals surface area contributed by atoms with Crippen LogP contribution >= 0.6 is 34.8 Å². The zero-order valence-corrected chi connectivity index (χ0v) is 16.0. The van der Waals surface area contributed by atoms with Crippen molar-refractivity contribution in [2.45, 2.75) is 0 Å². The smallest absolute Gasteiger partial charge is 0.260 e. The molecule has 0 aliphatic heterocycles. The van der Waals surface area contributed by atoms with Crippen LogP contribution in [0.2, 0.25) is 15.1 Å². The van der Waals surface area contributed by atoms with E-state index in [9.17, 15) is 9.90 Å². The zero-order chi connectivity index (χ0) is 19.1. The molecule has 0 aliphatic rings. The summed E-state index contributed by atoms with van der Waals surface area (Å²) in [5.41, 5.74) is 1.89. The fraction of sp³-hybridized carbons (Fsp3) is 0.